The summed E-state index contributed by atoms with van der Waals surface area (Å²) in [5.41, 5.74) is -0.600. The third-order valence-electron chi connectivity index (χ3n) is 3.44. The zero-order valence-corrected chi connectivity index (χ0v) is 11.9. The van der Waals surface area contributed by atoms with E-state index in [0.717, 1.165) is 0 Å². The molecular formula is C13H16N2O4S. The summed E-state index contributed by atoms with van der Waals surface area (Å²) in [5, 5.41) is 12.0. The second-order valence-electron chi connectivity index (χ2n) is 4.81. The molecule has 0 unspecified atom stereocenters. The molecule has 0 atom stereocenters. The third-order valence-corrected chi connectivity index (χ3v) is 4.43. The highest BCUT2D eigenvalue weighted by Gasteiger charge is 2.41. The lowest BCUT2D eigenvalue weighted by Crippen LogP contribution is -2.56. The van der Waals surface area contributed by atoms with E-state index in [1.807, 2.05) is 0 Å². The number of ketones is 1. The van der Waals surface area contributed by atoms with E-state index in [1.54, 1.807) is 11.8 Å². The van der Waals surface area contributed by atoms with Gasteiger partial charge in [-0.1, -0.05) is 0 Å². The smallest absolute Gasteiger partial charge is 0.329 e. The minimum Gasteiger partial charge on any atom is -0.480 e. The first kappa shape index (κ1) is 14.6. The van der Waals surface area contributed by atoms with Crippen molar-refractivity contribution in [3.8, 4) is 0 Å². The Bertz CT molecular complexity index is 546. The number of carbonyl (C=O) groups excluding carboxylic acids is 2. The van der Waals surface area contributed by atoms with Gasteiger partial charge in [0.2, 0.25) is 0 Å². The molecule has 0 bridgehead atoms. The average Bonchev–Trinajstić information content (AvgIpc) is 2.89. The number of hydrogen-bond acceptors (Lipinski definition) is 4. The van der Waals surface area contributed by atoms with E-state index in [9.17, 15) is 19.5 Å². The molecule has 20 heavy (non-hydrogen) atoms. The number of Topliss-reactive ketones (excluding diaryl/α,β-unsaturated/α-hetero) is 1. The second-order valence-corrected chi connectivity index (χ2v) is 6.04. The van der Waals surface area contributed by atoms with Crippen LogP contribution in [0.3, 0.4) is 0 Å². The number of hydrogen-bond donors (Lipinski definition) is 3. The normalized spacial score (nSPS) is 17.4. The van der Waals surface area contributed by atoms with Crippen LogP contribution in [0, 0.1) is 0 Å². The largest absolute Gasteiger partial charge is 0.480 e. The van der Waals surface area contributed by atoms with E-state index in [4.69, 9.17) is 0 Å². The third kappa shape index (κ3) is 2.87. The topological polar surface area (TPSA) is 99.3 Å². The van der Waals surface area contributed by atoms with Gasteiger partial charge in [0.15, 0.2) is 5.78 Å². The lowest BCUT2D eigenvalue weighted by atomic mass is 9.92. The molecule has 7 heteroatoms. The van der Waals surface area contributed by atoms with Gasteiger partial charge in [-0.25, -0.2) is 4.79 Å². The maximum atomic E-state index is 12.1. The van der Waals surface area contributed by atoms with Crippen molar-refractivity contribution >= 4 is 29.4 Å². The highest BCUT2D eigenvalue weighted by Crippen LogP contribution is 2.27. The number of aliphatic carboxylic acids is 1. The number of thioether (sulfide) groups is 1. The summed E-state index contributed by atoms with van der Waals surface area (Å²) in [4.78, 5) is 37.5. The molecule has 1 saturated heterocycles. The number of rotatable bonds is 4. The molecule has 0 radical (unpaired) electrons. The number of H-pyrrole nitrogens is 1. The van der Waals surface area contributed by atoms with Crippen molar-refractivity contribution in [2.75, 3.05) is 11.5 Å². The first-order valence-corrected chi connectivity index (χ1v) is 7.43. The first-order valence-electron chi connectivity index (χ1n) is 6.28. The minimum absolute atomic E-state index is 0.151. The lowest BCUT2D eigenvalue weighted by Gasteiger charge is -2.33. The van der Waals surface area contributed by atoms with Crippen molar-refractivity contribution in [1.82, 2.24) is 10.3 Å². The van der Waals surface area contributed by atoms with Gasteiger partial charge in [-0.15, -0.1) is 0 Å². The van der Waals surface area contributed by atoms with Gasteiger partial charge in [-0.05, 0) is 37.3 Å². The monoisotopic (exact) mass is 296 g/mol. The molecule has 0 aliphatic carbocycles. The van der Waals surface area contributed by atoms with Gasteiger partial charge in [0.1, 0.15) is 11.2 Å². The Morgan fingerprint density at radius 3 is 2.50 bits per heavy atom. The number of aromatic nitrogens is 1. The molecule has 1 aliphatic rings. The molecule has 0 saturated carbocycles. The summed E-state index contributed by atoms with van der Waals surface area (Å²) < 4.78 is 0. The van der Waals surface area contributed by atoms with E-state index in [-0.39, 0.29) is 11.5 Å². The fourth-order valence-electron chi connectivity index (χ4n) is 2.13. The molecule has 0 aromatic carbocycles. The van der Waals surface area contributed by atoms with Crippen molar-refractivity contribution in [2.45, 2.75) is 25.3 Å². The molecule has 108 valence electrons. The zero-order valence-electron chi connectivity index (χ0n) is 11.1. The number of amides is 1. The Kier molecular flexibility index (Phi) is 4.17. The first-order chi connectivity index (χ1) is 9.44. The molecule has 3 N–H and O–H groups in total. The predicted molar refractivity (Wildman–Crippen MR) is 75.2 cm³/mol. The van der Waals surface area contributed by atoms with Crippen molar-refractivity contribution in [1.29, 1.82) is 0 Å². The van der Waals surface area contributed by atoms with Gasteiger partial charge in [-0.2, -0.15) is 11.8 Å². The molecule has 1 fully saturated rings. The highest BCUT2D eigenvalue weighted by atomic mass is 32.2. The van der Waals surface area contributed by atoms with Crippen LogP contribution in [0.15, 0.2) is 12.3 Å². The fourth-order valence-corrected chi connectivity index (χ4v) is 3.32. The quantitative estimate of drug-likeness (QED) is 0.727. The van der Waals surface area contributed by atoms with E-state index in [1.165, 1.54) is 19.2 Å². The van der Waals surface area contributed by atoms with Gasteiger partial charge in [-0.3, -0.25) is 9.59 Å². The van der Waals surface area contributed by atoms with Gasteiger partial charge < -0.3 is 15.4 Å². The highest BCUT2D eigenvalue weighted by molar-refractivity contribution is 7.99. The van der Waals surface area contributed by atoms with Crippen molar-refractivity contribution in [2.24, 2.45) is 0 Å². The molecule has 1 aromatic heterocycles. The van der Waals surface area contributed by atoms with Gasteiger partial charge in [0.25, 0.3) is 5.91 Å². The molecule has 2 heterocycles. The zero-order chi connectivity index (χ0) is 14.8. The van der Waals surface area contributed by atoms with Crippen LogP contribution in [0.25, 0.3) is 0 Å². The van der Waals surface area contributed by atoms with Crippen LogP contribution >= 0.6 is 11.8 Å². The second kappa shape index (κ2) is 5.70. The van der Waals surface area contributed by atoms with Crippen LogP contribution in [0.5, 0.6) is 0 Å². The Morgan fingerprint density at radius 1 is 1.35 bits per heavy atom. The molecule has 0 spiro atoms. The number of carboxylic acids is 1. The van der Waals surface area contributed by atoms with Gasteiger partial charge >= 0.3 is 5.97 Å². The summed E-state index contributed by atoms with van der Waals surface area (Å²) in [6, 6.07) is 1.44. The summed E-state index contributed by atoms with van der Waals surface area (Å²) in [6.07, 6.45) is 2.25. The Hall–Kier alpha value is -1.76. The number of nitrogens with one attached hydrogen (secondary N) is 2. The summed E-state index contributed by atoms with van der Waals surface area (Å²) in [7, 11) is 0. The molecule has 2 rings (SSSR count). The van der Waals surface area contributed by atoms with Gasteiger partial charge in [0.05, 0.1) is 0 Å². The van der Waals surface area contributed by atoms with Crippen LogP contribution in [0.2, 0.25) is 0 Å². The number of aromatic amines is 1. The Morgan fingerprint density at radius 2 is 2.00 bits per heavy atom. The van der Waals surface area contributed by atoms with E-state index < -0.39 is 17.4 Å². The maximum absolute atomic E-state index is 12.1. The summed E-state index contributed by atoms with van der Waals surface area (Å²) in [5.74, 6) is -0.245. The van der Waals surface area contributed by atoms with Gasteiger partial charge in [0, 0.05) is 11.8 Å². The van der Waals surface area contributed by atoms with Crippen LogP contribution < -0.4 is 5.32 Å². The van der Waals surface area contributed by atoms with Crippen LogP contribution in [-0.2, 0) is 4.79 Å². The van der Waals surface area contributed by atoms with Crippen LogP contribution in [-0.4, -0.2) is 44.8 Å². The Balaban J connectivity index is 2.15. The summed E-state index contributed by atoms with van der Waals surface area (Å²) in [6.45, 7) is 1.40. The molecule has 6 nitrogen and oxygen atoms in total. The molecule has 1 amide bonds. The standard InChI is InChI=1S/C13H16N2O4S/c1-8(16)9-6-10(14-7-9)11(17)15-13(12(18)19)2-4-20-5-3-13/h6-7,14H,2-5H2,1H3,(H,15,17)(H,18,19). The average molecular weight is 296 g/mol. The predicted octanol–water partition coefficient (Wildman–Crippen LogP) is 1.30. The number of carboxylic acid groups (broad SMARTS) is 1. The molecule has 1 aromatic rings. The van der Waals surface area contributed by atoms with Crippen LogP contribution in [0.1, 0.15) is 40.6 Å². The van der Waals surface area contributed by atoms with Crippen LogP contribution in [0.4, 0.5) is 0 Å². The maximum Gasteiger partial charge on any atom is 0.329 e. The van der Waals surface area contributed by atoms with E-state index in [2.05, 4.69) is 10.3 Å². The summed E-state index contributed by atoms with van der Waals surface area (Å²) >= 11 is 1.68. The fraction of sp³-hybridized carbons (Fsp3) is 0.462. The molecular weight excluding hydrogens is 280 g/mol. The SMILES string of the molecule is CC(=O)c1c[nH]c(C(=O)NC2(C(=O)O)CCSCC2)c1. The number of carbonyl (C=O) groups is 3. The Labute approximate surface area is 120 Å². The van der Waals surface area contributed by atoms with E-state index >= 15 is 0 Å². The van der Waals surface area contributed by atoms with Crippen molar-refractivity contribution in [3.63, 3.8) is 0 Å². The minimum atomic E-state index is -1.20. The van der Waals surface area contributed by atoms with E-state index in [0.29, 0.717) is 29.9 Å². The molecule has 1 aliphatic heterocycles. The van der Waals surface area contributed by atoms with Crippen molar-refractivity contribution < 1.29 is 19.5 Å². The lowest BCUT2D eigenvalue weighted by molar-refractivity contribution is -0.144. The van der Waals surface area contributed by atoms with Crippen molar-refractivity contribution in [3.05, 3.63) is 23.5 Å².